The van der Waals surface area contributed by atoms with E-state index in [9.17, 15) is 4.39 Å². The first kappa shape index (κ1) is 15.2. The third kappa shape index (κ3) is 3.45. The number of halogens is 3. The molecule has 0 fully saturated rings. The third-order valence-electron chi connectivity index (χ3n) is 2.84. The maximum absolute atomic E-state index is 13.2. The molecule has 1 N–H and O–H groups in total. The Morgan fingerprint density at radius 2 is 2.05 bits per heavy atom. The Labute approximate surface area is 133 Å². The molecule has 0 saturated carbocycles. The number of benzene rings is 1. The van der Waals surface area contributed by atoms with Crippen LogP contribution in [0.2, 0.25) is 0 Å². The van der Waals surface area contributed by atoms with E-state index in [1.165, 1.54) is 22.6 Å². The predicted octanol–water partition coefficient (Wildman–Crippen LogP) is 5.42. The molecule has 0 aliphatic heterocycles. The van der Waals surface area contributed by atoms with E-state index in [2.05, 4.69) is 57.1 Å². The number of aryl methyl sites for hydroxylation is 1. The molecule has 1 unspecified atom stereocenters. The lowest BCUT2D eigenvalue weighted by atomic mass is 10.0. The van der Waals surface area contributed by atoms with Crippen molar-refractivity contribution in [1.29, 1.82) is 0 Å². The van der Waals surface area contributed by atoms with Gasteiger partial charge in [-0.3, -0.25) is 0 Å². The van der Waals surface area contributed by atoms with Crippen molar-refractivity contribution in [3.05, 3.63) is 54.3 Å². The summed E-state index contributed by atoms with van der Waals surface area (Å²) in [7, 11) is 0. The van der Waals surface area contributed by atoms with Crippen LogP contribution < -0.4 is 5.32 Å². The second kappa shape index (κ2) is 6.48. The van der Waals surface area contributed by atoms with Gasteiger partial charge in [-0.2, -0.15) is 0 Å². The van der Waals surface area contributed by atoms with Crippen LogP contribution >= 0.6 is 43.2 Å². The van der Waals surface area contributed by atoms with Gasteiger partial charge in [0.25, 0.3) is 0 Å². The molecule has 1 aromatic heterocycles. The smallest absolute Gasteiger partial charge is 0.124 e. The van der Waals surface area contributed by atoms with Crippen LogP contribution in [0.5, 0.6) is 0 Å². The number of rotatable bonds is 4. The molecule has 0 spiro atoms. The number of hydrogen-bond acceptors (Lipinski definition) is 2. The minimum Gasteiger partial charge on any atom is -0.306 e. The van der Waals surface area contributed by atoms with Gasteiger partial charge in [-0.15, -0.1) is 11.3 Å². The summed E-state index contributed by atoms with van der Waals surface area (Å²) in [6.07, 6.45) is 0. The lowest BCUT2D eigenvalue weighted by Crippen LogP contribution is -2.21. The average molecular weight is 407 g/mol. The lowest BCUT2D eigenvalue weighted by Gasteiger charge is -2.18. The van der Waals surface area contributed by atoms with Crippen molar-refractivity contribution < 1.29 is 4.39 Å². The quantitative estimate of drug-likeness (QED) is 0.714. The summed E-state index contributed by atoms with van der Waals surface area (Å²) in [5, 5.41) is 3.45. The summed E-state index contributed by atoms with van der Waals surface area (Å²) in [5.74, 6) is -0.227. The van der Waals surface area contributed by atoms with Crippen LogP contribution in [0.3, 0.4) is 0 Å². The standard InChI is InChI=1S/C14H14Br2FNS/c1-3-18-13(12-6-8(2)14(16)19-12)10-5-4-9(17)7-11(10)15/h4-7,13,18H,3H2,1-2H3. The van der Waals surface area contributed by atoms with Crippen molar-refractivity contribution in [3.8, 4) is 0 Å². The van der Waals surface area contributed by atoms with Crippen LogP contribution in [-0.2, 0) is 0 Å². The fraction of sp³-hybridized carbons (Fsp3) is 0.286. The zero-order valence-electron chi connectivity index (χ0n) is 10.6. The summed E-state index contributed by atoms with van der Waals surface area (Å²) in [4.78, 5) is 1.22. The van der Waals surface area contributed by atoms with E-state index in [4.69, 9.17) is 0 Å². The molecule has 5 heteroatoms. The van der Waals surface area contributed by atoms with Crippen LogP contribution in [0.25, 0.3) is 0 Å². The Balaban J connectivity index is 2.44. The molecule has 0 amide bonds. The van der Waals surface area contributed by atoms with E-state index in [1.807, 2.05) is 6.07 Å². The van der Waals surface area contributed by atoms with E-state index < -0.39 is 0 Å². The maximum Gasteiger partial charge on any atom is 0.124 e. The number of hydrogen-bond donors (Lipinski definition) is 1. The van der Waals surface area contributed by atoms with E-state index in [1.54, 1.807) is 11.3 Å². The van der Waals surface area contributed by atoms with E-state index in [0.717, 1.165) is 20.4 Å². The zero-order valence-corrected chi connectivity index (χ0v) is 14.6. The van der Waals surface area contributed by atoms with E-state index in [-0.39, 0.29) is 11.9 Å². The minimum atomic E-state index is -0.227. The van der Waals surface area contributed by atoms with E-state index in [0.29, 0.717) is 0 Å². The Morgan fingerprint density at radius 1 is 1.32 bits per heavy atom. The Hall–Kier alpha value is -0.230. The Kier molecular flexibility index (Phi) is 5.17. The van der Waals surface area contributed by atoms with Crippen LogP contribution in [0, 0.1) is 12.7 Å². The lowest BCUT2D eigenvalue weighted by molar-refractivity contribution is 0.614. The summed E-state index contributed by atoms with van der Waals surface area (Å²) < 4.78 is 15.1. The summed E-state index contributed by atoms with van der Waals surface area (Å²) in [6, 6.07) is 7.08. The molecule has 102 valence electrons. The summed E-state index contributed by atoms with van der Waals surface area (Å²) in [5.41, 5.74) is 2.28. The number of thiophene rings is 1. The molecule has 0 bridgehead atoms. The van der Waals surface area contributed by atoms with Gasteiger partial charge in [-0.05, 0) is 58.7 Å². The van der Waals surface area contributed by atoms with Gasteiger partial charge in [-0.25, -0.2) is 4.39 Å². The molecule has 1 nitrogen and oxygen atoms in total. The topological polar surface area (TPSA) is 12.0 Å². The summed E-state index contributed by atoms with van der Waals surface area (Å²) >= 11 is 8.72. The normalized spacial score (nSPS) is 12.7. The zero-order chi connectivity index (χ0) is 14.0. The van der Waals surface area contributed by atoms with Gasteiger partial charge in [0, 0.05) is 9.35 Å². The second-order valence-corrected chi connectivity index (χ2v) is 7.52. The number of nitrogens with one attached hydrogen (secondary N) is 1. The monoisotopic (exact) mass is 405 g/mol. The Morgan fingerprint density at radius 3 is 2.58 bits per heavy atom. The van der Waals surface area contributed by atoms with Crippen molar-refractivity contribution >= 4 is 43.2 Å². The van der Waals surface area contributed by atoms with Gasteiger partial charge >= 0.3 is 0 Å². The van der Waals surface area contributed by atoms with Gasteiger partial charge in [0.1, 0.15) is 5.82 Å². The van der Waals surface area contributed by atoms with Crippen LogP contribution in [0.1, 0.15) is 29.0 Å². The van der Waals surface area contributed by atoms with Gasteiger partial charge in [0.2, 0.25) is 0 Å². The second-order valence-electron chi connectivity index (χ2n) is 4.26. The third-order valence-corrected chi connectivity index (χ3v) is 5.73. The van der Waals surface area contributed by atoms with Crippen molar-refractivity contribution in [1.82, 2.24) is 5.32 Å². The molecule has 0 aliphatic rings. The predicted molar refractivity (Wildman–Crippen MR) is 86.4 cm³/mol. The van der Waals surface area contributed by atoms with Crippen molar-refractivity contribution in [2.75, 3.05) is 6.54 Å². The van der Waals surface area contributed by atoms with E-state index >= 15 is 0 Å². The fourth-order valence-electron chi connectivity index (χ4n) is 1.93. The SMILES string of the molecule is CCNC(c1cc(C)c(Br)s1)c1ccc(F)cc1Br. The Bertz CT molecular complexity index is 563. The molecule has 2 rings (SSSR count). The molecular weight excluding hydrogens is 393 g/mol. The van der Waals surface area contributed by atoms with Gasteiger partial charge in [0.15, 0.2) is 0 Å². The molecule has 19 heavy (non-hydrogen) atoms. The largest absolute Gasteiger partial charge is 0.306 e. The first-order chi connectivity index (χ1) is 9.02. The minimum absolute atomic E-state index is 0.0787. The molecule has 1 atom stereocenters. The van der Waals surface area contributed by atoms with Gasteiger partial charge < -0.3 is 5.32 Å². The van der Waals surface area contributed by atoms with Crippen molar-refractivity contribution in [2.24, 2.45) is 0 Å². The van der Waals surface area contributed by atoms with Gasteiger partial charge in [-0.1, -0.05) is 28.9 Å². The highest BCUT2D eigenvalue weighted by Crippen LogP contribution is 2.36. The first-order valence-electron chi connectivity index (χ1n) is 5.97. The molecule has 1 aromatic carbocycles. The van der Waals surface area contributed by atoms with Crippen molar-refractivity contribution in [3.63, 3.8) is 0 Å². The fourth-order valence-corrected chi connectivity index (χ4v) is 4.18. The van der Waals surface area contributed by atoms with Gasteiger partial charge in [0.05, 0.1) is 9.83 Å². The molecule has 2 aromatic rings. The highest BCUT2D eigenvalue weighted by atomic mass is 79.9. The molecule has 0 aliphatic carbocycles. The van der Waals surface area contributed by atoms with Crippen LogP contribution in [-0.4, -0.2) is 6.54 Å². The summed E-state index contributed by atoms with van der Waals surface area (Å²) in [6.45, 7) is 5.00. The molecule has 1 heterocycles. The molecular formula is C14H14Br2FNS. The van der Waals surface area contributed by atoms with Crippen LogP contribution in [0.4, 0.5) is 4.39 Å². The average Bonchev–Trinajstić information content (AvgIpc) is 2.67. The maximum atomic E-state index is 13.2. The highest BCUT2D eigenvalue weighted by Gasteiger charge is 2.19. The highest BCUT2D eigenvalue weighted by molar-refractivity contribution is 9.11. The molecule has 0 saturated heterocycles. The first-order valence-corrected chi connectivity index (χ1v) is 8.37. The van der Waals surface area contributed by atoms with Crippen LogP contribution in [0.15, 0.2) is 32.5 Å². The van der Waals surface area contributed by atoms with Crippen molar-refractivity contribution in [2.45, 2.75) is 19.9 Å². The molecule has 0 radical (unpaired) electrons.